The second-order valence-electron chi connectivity index (χ2n) is 18.8. The quantitative estimate of drug-likeness (QED) is 0.0162. The molecule has 6 rings (SSSR count). The molecule has 91 heavy (non-hydrogen) atoms. The van der Waals surface area contributed by atoms with Crippen LogP contribution in [-0.2, 0) is 96.0 Å². The number of benzene rings is 3. The minimum absolute atomic E-state index is 0. The Morgan fingerprint density at radius 2 is 0.989 bits per heavy atom. The molecule has 2 heterocycles. The van der Waals surface area contributed by atoms with Crippen LogP contribution in [0.1, 0.15) is 86.2 Å². The molecule has 500 valence electrons. The van der Waals surface area contributed by atoms with Gasteiger partial charge in [-0.2, -0.15) is 12.1 Å². The molecule has 1 aromatic heterocycles. The van der Waals surface area contributed by atoms with E-state index in [1.807, 2.05) is 0 Å². The number of carbonyl (C=O) groups is 11. The van der Waals surface area contributed by atoms with Crippen molar-refractivity contribution >= 4 is 65.4 Å². The maximum atomic E-state index is 13.6. The van der Waals surface area contributed by atoms with Gasteiger partial charge in [-0.15, -0.1) is 5.10 Å². The van der Waals surface area contributed by atoms with Gasteiger partial charge in [-0.1, -0.05) is 43.0 Å². The summed E-state index contributed by atoms with van der Waals surface area (Å²) in [5.74, 6) is -19.4. The molecule has 3 aromatic carbocycles. The Bertz CT molecular complexity index is 3060. The van der Waals surface area contributed by atoms with E-state index in [1.165, 1.54) is 29.7 Å². The molecule has 5 atom stereocenters. The number of rotatable bonds is 22. The predicted octanol–water partition coefficient (Wildman–Crippen LogP) is -0.00650. The summed E-state index contributed by atoms with van der Waals surface area (Å²) in [5.41, 5.74) is 13.0. The number of aromatic nitrogens is 3. The first-order chi connectivity index (χ1) is 42.6. The average Bonchev–Trinajstić information content (AvgIpc) is 1.64. The number of nitrogens with one attached hydrogen (secondary N) is 6. The van der Waals surface area contributed by atoms with Gasteiger partial charge < -0.3 is 112 Å². The number of hydrogen-bond acceptors (Lipinski definition) is 25. The Morgan fingerprint density at radius 1 is 0.582 bits per heavy atom. The third kappa shape index (κ3) is 27.7. The van der Waals surface area contributed by atoms with E-state index in [9.17, 15) is 69.0 Å². The zero-order valence-corrected chi connectivity index (χ0v) is 50.4. The molecule has 37 heteroatoms. The molecule has 36 nitrogen and oxygen atoms in total. The van der Waals surface area contributed by atoms with Gasteiger partial charge in [0.1, 0.15) is 19.8 Å². The molecule has 4 aromatic rings. The molecule has 0 bridgehead atoms. The van der Waals surface area contributed by atoms with Crippen LogP contribution < -0.4 is 21.3 Å². The normalized spacial score (nSPS) is 17.0. The van der Waals surface area contributed by atoms with Crippen LogP contribution in [0.25, 0.3) is 11.5 Å². The van der Waals surface area contributed by atoms with Crippen LogP contribution in [-0.4, -0.2) is 228 Å². The van der Waals surface area contributed by atoms with Crippen LogP contribution in [0.15, 0.2) is 54.7 Å². The average molecular weight is 1470 g/mol. The number of carboxylic acid groups (broad SMARTS) is 4. The molecule has 1 aliphatic carbocycles. The summed E-state index contributed by atoms with van der Waals surface area (Å²) in [6.07, 6.45) is 6.10. The zero-order valence-electron chi connectivity index (χ0n) is 48.2. The van der Waals surface area contributed by atoms with Crippen LogP contribution in [0.4, 0.5) is 0 Å². The largest absolute Gasteiger partial charge is 2.00 e. The number of cyclic esters (lactones) is 3. The van der Waals surface area contributed by atoms with Gasteiger partial charge >= 0.3 is 56.9 Å². The Labute approximate surface area is 529 Å². The number of carboxylic acids is 4. The monoisotopic (exact) mass is 1470 g/mol. The minimum atomic E-state index is -2.01. The number of para-hydroxylation sites is 2. The van der Waals surface area contributed by atoms with Crippen molar-refractivity contribution in [1.82, 2.24) is 36.3 Å². The number of ether oxygens (including phenoxy) is 6. The zero-order chi connectivity index (χ0) is 67.0. The number of phenols is 6. The van der Waals surface area contributed by atoms with Crippen molar-refractivity contribution in [3.8, 4) is 34.5 Å². The van der Waals surface area contributed by atoms with Crippen LogP contribution in [0.2, 0.25) is 0 Å². The second kappa shape index (κ2) is 40.0. The molecule has 1 saturated carbocycles. The Morgan fingerprint density at radius 3 is 1.41 bits per heavy atom. The van der Waals surface area contributed by atoms with E-state index in [4.69, 9.17) is 74.7 Å². The number of esters is 3. The number of aryl methyl sites for hydroxylation is 1. The molecule has 0 spiro atoms. The molecular formula is C54H67N9O27Pt. The summed E-state index contributed by atoms with van der Waals surface area (Å²) in [6, 6.07) is 2.28. The Hall–Kier alpha value is -9.74. The Balaban J connectivity index is 0.00000128. The van der Waals surface area contributed by atoms with E-state index in [-0.39, 0.29) is 91.1 Å². The van der Waals surface area contributed by atoms with E-state index in [2.05, 4.69) is 31.6 Å². The molecule has 0 radical (unpaired) electrons. The molecule has 16 N–H and O–H groups in total. The van der Waals surface area contributed by atoms with Crippen molar-refractivity contribution in [3.63, 3.8) is 0 Å². The van der Waals surface area contributed by atoms with E-state index in [0.29, 0.717) is 18.8 Å². The molecule has 1 aliphatic heterocycles. The SMILES string of the molecule is CC(=O)O.O=C(O)C(=O)O.O=C(O)CCc1cn(CCOCCOCCOCCNC(=O)c2cc(O)c(O)c(C(=O)N[C@H]3COC(=O)[C@@H](NC(=O)c4cccc(O)c4O)COC(=O)[C@@H](NC(=O)c4cccc(O)c4O)COC3=O)c2)nn1.[NH-][C@@H]1CCCC[C@H]1[NH-].[Pt+2]. The van der Waals surface area contributed by atoms with Crippen molar-refractivity contribution in [1.29, 1.82) is 0 Å². The van der Waals surface area contributed by atoms with Crippen molar-refractivity contribution in [2.75, 3.05) is 66.0 Å². The standard InChI is InChI=1S/C44H49N7O21.C6H12N2.C2H2O4.C2H4O2.Pt/c52-31-5-1-3-25(35(31)57)39(61)46-28-20-70-42(64)29(47-40(62)26-4-2-6-32(53)36(26)58)21-71-44(66)30(22-72-43(28)65)48-41(63)27-17-23(18-33(54)37(27)59)38(60)45-9-11-67-13-15-69-16-14-68-12-10-51-19-24(49-50-51)7-8-34(55)56;7-5-3-1-2-4-6(5)8;3-1(4)2(5)6;1-2(3)4;/h1-6,17-19,28-30,52-54,57-59H,7-16,20-22H2,(H,45,60)(H,46,61)(H,47,62)(H,48,63)(H,55,56);5-8H,1-4H2;(H,3,4)(H,5,6);1H3,(H,3,4);/q;-2;;;+2/t28-,29-,30-;5-,6-;;;/m01.../s1. The summed E-state index contributed by atoms with van der Waals surface area (Å²) < 4.78 is 33.4. The molecule has 0 unspecified atom stereocenters. The molecule has 2 fully saturated rings. The smallest absolute Gasteiger partial charge is 0.676 e. The van der Waals surface area contributed by atoms with Crippen molar-refractivity contribution < 1.29 is 153 Å². The fourth-order valence-electron chi connectivity index (χ4n) is 7.33. The minimum Gasteiger partial charge on any atom is -0.676 e. The van der Waals surface area contributed by atoms with Gasteiger partial charge in [0.25, 0.3) is 29.6 Å². The van der Waals surface area contributed by atoms with Crippen LogP contribution >= 0.6 is 0 Å². The number of amides is 4. The van der Waals surface area contributed by atoms with Gasteiger partial charge in [0.05, 0.1) is 75.0 Å². The number of aromatic hydroxyl groups is 6. The maximum absolute atomic E-state index is 13.6. The molecule has 1 saturated heterocycles. The third-order valence-corrected chi connectivity index (χ3v) is 11.9. The summed E-state index contributed by atoms with van der Waals surface area (Å²) in [4.78, 5) is 131. The summed E-state index contributed by atoms with van der Waals surface area (Å²) in [6.45, 7) is -0.574. The van der Waals surface area contributed by atoms with E-state index in [1.54, 1.807) is 6.20 Å². The van der Waals surface area contributed by atoms with Gasteiger partial charge in [0.15, 0.2) is 52.6 Å². The van der Waals surface area contributed by atoms with Crippen molar-refractivity contribution in [2.24, 2.45) is 0 Å². The summed E-state index contributed by atoms with van der Waals surface area (Å²) in [5, 5.41) is 109. The Kier molecular flexibility index (Phi) is 34.0. The second-order valence-corrected chi connectivity index (χ2v) is 18.8. The van der Waals surface area contributed by atoms with E-state index < -0.39 is 155 Å². The number of carbonyl (C=O) groups excluding carboxylic acids is 7. The van der Waals surface area contributed by atoms with Crippen molar-refractivity contribution in [2.45, 2.75) is 82.2 Å². The first-order valence-corrected chi connectivity index (χ1v) is 26.8. The number of aliphatic carboxylic acids is 4. The number of nitrogens with zero attached hydrogens (tertiary/aromatic N) is 3. The number of hydrogen-bond donors (Lipinski definition) is 14. The van der Waals surface area contributed by atoms with Gasteiger partial charge in [0, 0.05) is 31.6 Å². The van der Waals surface area contributed by atoms with Gasteiger partial charge in [-0.3, -0.25) is 28.8 Å². The predicted molar refractivity (Wildman–Crippen MR) is 300 cm³/mol. The fraction of sp³-hybridized carbons (Fsp3) is 0.426. The van der Waals surface area contributed by atoms with Crippen LogP contribution in [0.5, 0.6) is 34.5 Å². The van der Waals surface area contributed by atoms with Crippen LogP contribution in [0.3, 0.4) is 0 Å². The molecular weight excluding hydrogens is 1400 g/mol. The number of phenolic OH excluding ortho intramolecular Hbond substituents is 6. The summed E-state index contributed by atoms with van der Waals surface area (Å²) >= 11 is 0. The third-order valence-electron chi connectivity index (χ3n) is 11.9. The summed E-state index contributed by atoms with van der Waals surface area (Å²) in [7, 11) is 0. The van der Waals surface area contributed by atoms with E-state index >= 15 is 0 Å². The first-order valence-electron chi connectivity index (χ1n) is 26.8. The maximum Gasteiger partial charge on any atom is 2.00 e. The topological polar surface area (TPSA) is 572 Å². The van der Waals surface area contributed by atoms with Gasteiger partial charge in [-0.05, 0) is 36.4 Å². The molecule has 2 aliphatic rings. The van der Waals surface area contributed by atoms with Crippen molar-refractivity contribution in [3.05, 3.63) is 94.1 Å². The fourth-order valence-corrected chi connectivity index (χ4v) is 7.33. The van der Waals surface area contributed by atoms with Gasteiger partial charge in [-0.25, -0.2) is 28.7 Å². The van der Waals surface area contributed by atoms with E-state index in [0.717, 1.165) is 56.2 Å². The first kappa shape index (κ1) is 77.4. The van der Waals surface area contributed by atoms with Gasteiger partial charge in [0.2, 0.25) is 0 Å². The molecule has 4 amide bonds. The van der Waals surface area contributed by atoms with Crippen LogP contribution in [0, 0.1) is 0 Å².